The highest BCUT2D eigenvalue weighted by molar-refractivity contribution is 7.89. The summed E-state index contributed by atoms with van der Waals surface area (Å²) in [6.45, 7) is 0. The van der Waals surface area contributed by atoms with Crippen LogP contribution in [0.5, 0.6) is 0 Å². The van der Waals surface area contributed by atoms with Crippen LogP contribution in [0, 0.1) is 0 Å². The molecular formula is C9H7ClN2O2S. The molecule has 1 heterocycles. The number of primary sulfonamides is 1. The number of pyridine rings is 1. The summed E-state index contributed by atoms with van der Waals surface area (Å²) in [6.07, 6.45) is 2.97. The summed E-state index contributed by atoms with van der Waals surface area (Å²) in [5, 5.41) is 6.61. The standard InChI is InChI=1S/C9H7ClN2O2S/c10-8-1-2-9(15(11,13)14)7-5-12-4-3-6(7)8/h1-5H,(H2,11,13,14). The van der Waals surface area contributed by atoms with Gasteiger partial charge in [-0.05, 0) is 18.2 Å². The number of aromatic nitrogens is 1. The Morgan fingerprint density at radius 3 is 2.60 bits per heavy atom. The molecule has 2 rings (SSSR count). The lowest BCUT2D eigenvalue weighted by Crippen LogP contribution is -2.12. The van der Waals surface area contributed by atoms with E-state index < -0.39 is 10.0 Å². The lowest BCUT2D eigenvalue weighted by atomic mass is 10.2. The van der Waals surface area contributed by atoms with E-state index in [1.54, 1.807) is 12.3 Å². The normalized spacial score (nSPS) is 11.9. The number of fused-ring (bicyclic) bond motifs is 1. The molecule has 0 bridgehead atoms. The van der Waals surface area contributed by atoms with Gasteiger partial charge in [-0.2, -0.15) is 0 Å². The van der Waals surface area contributed by atoms with Crippen molar-refractivity contribution in [1.29, 1.82) is 0 Å². The molecule has 0 saturated heterocycles. The van der Waals surface area contributed by atoms with Crippen LogP contribution in [0.15, 0.2) is 35.5 Å². The van der Waals surface area contributed by atoms with Gasteiger partial charge in [0.2, 0.25) is 10.0 Å². The molecule has 2 aromatic rings. The van der Waals surface area contributed by atoms with Gasteiger partial charge < -0.3 is 0 Å². The summed E-state index contributed by atoms with van der Waals surface area (Å²) in [5.41, 5.74) is 0. The van der Waals surface area contributed by atoms with Crippen molar-refractivity contribution in [2.45, 2.75) is 4.90 Å². The molecular weight excluding hydrogens is 236 g/mol. The zero-order valence-electron chi connectivity index (χ0n) is 7.51. The van der Waals surface area contributed by atoms with E-state index in [2.05, 4.69) is 4.98 Å². The van der Waals surface area contributed by atoms with E-state index in [-0.39, 0.29) is 4.90 Å². The second kappa shape index (κ2) is 3.44. The summed E-state index contributed by atoms with van der Waals surface area (Å²) in [6, 6.07) is 4.53. The molecule has 15 heavy (non-hydrogen) atoms. The lowest BCUT2D eigenvalue weighted by Gasteiger charge is -2.04. The largest absolute Gasteiger partial charge is 0.264 e. The maximum absolute atomic E-state index is 11.3. The molecule has 1 aromatic heterocycles. The first-order valence-corrected chi connectivity index (χ1v) is 5.97. The number of nitrogens with two attached hydrogens (primary N) is 1. The first-order valence-electron chi connectivity index (χ1n) is 4.05. The van der Waals surface area contributed by atoms with Crippen molar-refractivity contribution >= 4 is 32.4 Å². The fourth-order valence-electron chi connectivity index (χ4n) is 1.38. The van der Waals surface area contributed by atoms with E-state index >= 15 is 0 Å². The molecule has 0 aliphatic heterocycles. The van der Waals surface area contributed by atoms with Crippen molar-refractivity contribution in [3.8, 4) is 0 Å². The Hall–Kier alpha value is -1.17. The molecule has 6 heteroatoms. The first-order chi connectivity index (χ1) is 7.00. The van der Waals surface area contributed by atoms with E-state index in [9.17, 15) is 8.42 Å². The van der Waals surface area contributed by atoms with Crippen LogP contribution in [0.4, 0.5) is 0 Å². The van der Waals surface area contributed by atoms with Gasteiger partial charge >= 0.3 is 0 Å². The van der Waals surface area contributed by atoms with Gasteiger partial charge in [0.15, 0.2) is 0 Å². The number of hydrogen-bond donors (Lipinski definition) is 1. The predicted molar refractivity (Wildman–Crippen MR) is 58.1 cm³/mol. The number of nitrogens with zero attached hydrogens (tertiary/aromatic N) is 1. The Bertz CT molecular complexity index is 625. The molecule has 2 N–H and O–H groups in total. The Balaban J connectivity index is 2.96. The second-order valence-corrected chi connectivity index (χ2v) is 4.95. The Labute approximate surface area is 91.7 Å². The summed E-state index contributed by atoms with van der Waals surface area (Å²) < 4.78 is 22.5. The van der Waals surface area contributed by atoms with Crippen LogP contribution in [0.2, 0.25) is 5.02 Å². The van der Waals surface area contributed by atoms with Gasteiger partial charge in [-0.3, -0.25) is 4.98 Å². The van der Waals surface area contributed by atoms with Gasteiger partial charge in [0, 0.05) is 28.2 Å². The molecule has 78 valence electrons. The zero-order valence-corrected chi connectivity index (χ0v) is 9.09. The third kappa shape index (κ3) is 1.81. The van der Waals surface area contributed by atoms with Crippen LogP contribution >= 0.6 is 11.6 Å². The van der Waals surface area contributed by atoms with Crippen molar-refractivity contribution in [2.75, 3.05) is 0 Å². The quantitative estimate of drug-likeness (QED) is 0.824. The van der Waals surface area contributed by atoms with Gasteiger partial charge in [0.1, 0.15) is 0 Å². The SMILES string of the molecule is NS(=O)(=O)c1ccc(Cl)c2ccncc12. The lowest BCUT2D eigenvalue weighted by molar-refractivity contribution is 0.598. The van der Waals surface area contributed by atoms with Gasteiger partial charge in [0.25, 0.3) is 0 Å². The minimum atomic E-state index is -3.74. The first kappa shape index (κ1) is 10.4. The second-order valence-electron chi connectivity index (χ2n) is 3.01. The van der Waals surface area contributed by atoms with E-state index in [4.69, 9.17) is 16.7 Å². The Morgan fingerprint density at radius 2 is 1.93 bits per heavy atom. The van der Waals surface area contributed by atoms with Crippen molar-refractivity contribution in [3.05, 3.63) is 35.6 Å². The molecule has 0 spiro atoms. The van der Waals surface area contributed by atoms with Crippen LogP contribution in [0.25, 0.3) is 10.8 Å². The van der Waals surface area contributed by atoms with E-state index in [0.29, 0.717) is 15.8 Å². The van der Waals surface area contributed by atoms with Crippen molar-refractivity contribution in [3.63, 3.8) is 0 Å². The van der Waals surface area contributed by atoms with Gasteiger partial charge in [-0.25, -0.2) is 13.6 Å². The van der Waals surface area contributed by atoms with Crippen LogP contribution in [-0.2, 0) is 10.0 Å². The van der Waals surface area contributed by atoms with Gasteiger partial charge in [-0.1, -0.05) is 11.6 Å². The third-order valence-corrected chi connectivity index (χ3v) is 3.33. The predicted octanol–water partition coefficient (Wildman–Crippen LogP) is 1.54. The average molecular weight is 243 g/mol. The average Bonchev–Trinajstić information content (AvgIpc) is 2.17. The van der Waals surface area contributed by atoms with Crippen molar-refractivity contribution in [2.24, 2.45) is 5.14 Å². The summed E-state index contributed by atoms with van der Waals surface area (Å²) in [5.74, 6) is 0. The summed E-state index contributed by atoms with van der Waals surface area (Å²) in [7, 11) is -3.74. The fourth-order valence-corrected chi connectivity index (χ4v) is 2.33. The van der Waals surface area contributed by atoms with Gasteiger partial charge in [0.05, 0.1) is 4.90 Å². The minimum absolute atomic E-state index is 0.0370. The number of rotatable bonds is 1. The summed E-state index contributed by atoms with van der Waals surface area (Å²) in [4.78, 5) is 3.89. The number of halogens is 1. The van der Waals surface area contributed by atoms with E-state index in [0.717, 1.165) is 0 Å². The molecule has 0 aliphatic carbocycles. The van der Waals surface area contributed by atoms with Crippen molar-refractivity contribution < 1.29 is 8.42 Å². The zero-order chi connectivity index (χ0) is 11.1. The Kier molecular flexibility index (Phi) is 2.38. The van der Waals surface area contributed by atoms with Crippen LogP contribution < -0.4 is 5.14 Å². The number of benzene rings is 1. The molecule has 4 nitrogen and oxygen atoms in total. The highest BCUT2D eigenvalue weighted by Gasteiger charge is 2.13. The Morgan fingerprint density at radius 1 is 1.20 bits per heavy atom. The molecule has 0 unspecified atom stereocenters. The minimum Gasteiger partial charge on any atom is -0.264 e. The highest BCUT2D eigenvalue weighted by Crippen LogP contribution is 2.27. The summed E-state index contributed by atoms with van der Waals surface area (Å²) >= 11 is 5.92. The monoisotopic (exact) mass is 242 g/mol. The maximum Gasteiger partial charge on any atom is 0.238 e. The molecule has 0 radical (unpaired) electrons. The van der Waals surface area contributed by atoms with Crippen LogP contribution in [0.3, 0.4) is 0 Å². The van der Waals surface area contributed by atoms with Crippen molar-refractivity contribution in [1.82, 2.24) is 4.98 Å². The molecule has 1 aromatic carbocycles. The topological polar surface area (TPSA) is 73.1 Å². The number of sulfonamides is 1. The molecule has 0 fully saturated rings. The van der Waals surface area contributed by atoms with Gasteiger partial charge in [-0.15, -0.1) is 0 Å². The van der Waals surface area contributed by atoms with E-state index in [1.165, 1.54) is 18.3 Å². The molecule has 0 aliphatic rings. The fraction of sp³-hybridized carbons (Fsp3) is 0. The highest BCUT2D eigenvalue weighted by atomic mass is 35.5. The van der Waals surface area contributed by atoms with E-state index in [1.807, 2.05) is 0 Å². The molecule has 0 saturated carbocycles. The van der Waals surface area contributed by atoms with Crippen LogP contribution in [0.1, 0.15) is 0 Å². The third-order valence-electron chi connectivity index (χ3n) is 2.03. The maximum atomic E-state index is 11.3. The number of hydrogen-bond acceptors (Lipinski definition) is 3. The molecule has 0 atom stereocenters. The smallest absolute Gasteiger partial charge is 0.238 e. The van der Waals surface area contributed by atoms with Crippen LogP contribution in [-0.4, -0.2) is 13.4 Å². The molecule has 0 amide bonds.